The number of hydrogen-bond acceptors (Lipinski definition) is 5. The number of ether oxygens (including phenoxy) is 1. The third kappa shape index (κ3) is 4.81. The van der Waals surface area contributed by atoms with E-state index in [2.05, 4.69) is 5.32 Å². The molecule has 1 saturated heterocycles. The second-order valence-electron chi connectivity index (χ2n) is 7.13. The molecule has 1 aliphatic rings. The number of nitrogens with one attached hydrogen (secondary N) is 1. The summed E-state index contributed by atoms with van der Waals surface area (Å²) in [5, 5.41) is 12.1. The first-order chi connectivity index (χ1) is 15.9. The van der Waals surface area contributed by atoms with Crippen molar-refractivity contribution in [3.8, 4) is 5.75 Å². The molecule has 0 radical (unpaired) electrons. The Morgan fingerprint density at radius 3 is 2.33 bits per heavy atom. The third-order valence-corrected chi connectivity index (χ3v) is 5.18. The average molecular weight is 458 g/mol. The van der Waals surface area contributed by atoms with E-state index in [0.717, 1.165) is 5.56 Å². The Hall–Kier alpha value is -4.30. The molecule has 0 aliphatic carbocycles. The van der Waals surface area contributed by atoms with Gasteiger partial charge in [0.1, 0.15) is 23.5 Å². The molecule has 33 heavy (non-hydrogen) atoms. The van der Waals surface area contributed by atoms with E-state index in [1.54, 1.807) is 36.4 Å². The number of nitrogens with zero attached hydrogens (tertiary/aromatic N) is 1. The number of rotatable bonds is 6. The number of thiocarbonyl (C=S) groups is 1. The van der Waals surface area contributed by atoms with Crippen LogP contribution in [0.15, 0.2) is 84.4 Å². The van der Waals surface area contributed by atoms with E-state index in [-0.39, 0.29) is 28.6 Å². The van der Waals surface area contributed by atoms with Crippen molar-refractivity contribution in [3.05, 3.63) is 101 Å². The molecular formula is C25H18N2O5S. The maximum absolute atomic E-state index is 13.1. The zero-order valence-corrected chi connectivity index (χ0v) is 18.0. The van der Waals surface area contributed by atoms with E-state index in [0.29, 0.717) is 11.3 Å². The molecule has 2 N–H and O–H groups in total. The number of carboxylic acid groups (broad SMARTS) is 1. The summed E-state index contributed by atoms with van der Waals surface area (Å²) in [4.78, 5) is 38.6. The van der Waals surface area contributed by atoms with E-state index in [1.165, 1.54) is 23.1 Å². The molecule has 164 valence electrons. The molecule has 0 atom stereocenters. The van der Waals surface area contributed by atoms with Crippen molar-refractivity contribution in [2.24, 2.45) is 0 Å². The van der Waals surface area contributed by atoms with Crippen LogP contribution in [0, 0.1) is 0 Å². The zero-order chi connectivity index (χ0) is 23.4. The second-order valence-corrected chi connectivity index (χ2v) is 7.52. The highest BCUT2D eigenvalue weighted by molar-refractivity contribution is 7.80. The van der Waals surface area contributed by atoms with Crippen LogP contribution in [0.1, 0.15) is 21.5 Å². The number of carbonyl (C=O) groups is 3. The van der Waals surface area contributed by atoms with Gasteiger partial charge >= 0.3 is 5.97 Å². The molecule has 3 aromatic carbocycles. The van der Waals surface area contributed by atoms with Crippen LogP contribution in [0.5, 0.6) is 5.75 Å². The van der Waals surface area contributed by atoms with Crippen LogP contribution in [0.3, 0.4) is 0 Å². The summed E-state index contributed by atoms with van der Waals surface area (Å²) in [6, 6.07) is 22.5. The van der Waals surface area contributed by atoms with E-state index in [4.69, 9.17) is 17.0 Å². The summed E-state index contributed by atoms with van der Waals surface area (Å²) in [7, 11) is 0. The molecule has 4 rings (SSSR count). The van der Waals surface area contributed by atoms with E-state index in [9.17, 15) is 19.5 Å². The molecule has 0 spiro atoms. The standard InChI is InChI=1S/C25H18N2O5S/c28-22-20(23(29)27(25(33)26-22)18-9-5-2-6-10-18)14-17-11-12-21(19(13-17)24(30)31)32-15-16-7-3-1-4-8-16/h1-14H,15H2,(H,30,31)(H,26,28,33)/b20-14-. The molecule has 7 nitrogen and oxygen atoms in total. The third-order valence-electron chi connectivity index (χ3n) is 4.90. The fourth-order valence-electron chi connectivity index (χ4n) is 3.30. The normalized spacial score (nSPS) is 14.8. The van der Waals surface area contributed by atoms with Gasteiger partial charge in [-0.25, -0.2) is 4.79 Å². The van der Waals surface area contributed by atoms with Crippen molar-refractivity contribution in [1.82, 2.24) is 5.32 Å². The lowest BCUT2D eigenvalue weighted by atomic mass is 10.0. The van der Waals surface area contributed by atoms with Gasteiger partial charge in [-0.3, -0.25) is 19.8 Å². The van der Waals surface area contributed by atoms with Crippen LogP contribution >= 0.6 is 12.2 Å². The Morgan fingerprint density at radius 1 is 1.00 bits per heavy atom. The minimum atomic E-state index is -1.19. The van der Waals surface area contributed by atoms with Crippen LogP contribution < -0.4 is 15.0 Å². The lowest BCUT2D eigenvalue weighted by molar-refractivity contribution is -0.122. The van der Waals surface area contributed by atoms with Crippen molar-refractivity contribution in [2.45, 2.75) is 6.61 Å². The number of amides is 2. The quantitative estimate of drug-likeness (QED) is 0.332. The molecule has 0 aromatic heterocycles. The first-order valence-corrected chi connectivity index (χ1v) is 10.4. The molecular weight excluding hydrogens is 440 g/mol. The van der Waals surface area contributed by atoms with Gasteiger partial charge in [0.15, 0.2) is 5.11 Å². The number of aromatic carboxylic acids is 1. The van der Waals surface area contributed by atoms with Crippen molar-refractivity contribution in [2.75, 3.05) is 4.90 Å². The SMILES string of the molecule is O=C1NC(=S)N(c2ccccc2)C(=O)/C1=C\c1ccc(OCc2ccccc2)c(C(=O)O)c1. The number of carboxylic acids is 1. The molecule has 1 fully saturated rings. The highest BCUT2D eigenvalue weighted by atomic mass is 32.1. The Balaban J connectivity index is 1.63. The minimum Gasteiger partial charge on any atom is -0.488 e. The average Bonchev–Trinajstić information content (AvgIpc) is 2.82. The van der Waals surface area contributed by atoms with Gasteiger partial charge in [-0.05, 0) is 53.7 Å². The van der Waals surface area contributed by atoms with Gasteiger partial charge in [0.25, 0.3) is 11.8 Å². The van der Waals surface area contributed by atoms with Gasteiger partial charge in [0.05, 0.1) is 5.69 Å². The molecule has 1 heterocycles. The summed E-state index contributed by atoms with van der Waals surface area (Å²) in [5.74, 6) is -2.26. The van der Waals surface area contributed by atoms with Crippen LogP contribution in [-0.4, -0.2) is 28.0 Å². The highest BCUT2D eigenvalue weighted by Crippen LogP contribution is 2.25. The Bertz CT molecular complexity index is 1270. The Labute approximate surface area is 194 Å². The van der Waals surface area contributed by atoms with Crippen LogP contribution in [0.25, 0.3) is 6.08 Å². The molecule has 1 aliphatic heterocycles. The second kappa shape index (κ2) is 9.46. The van der Waals surface area contributed by atoms with Gasteiger partial charge in [-0.2, -0.15) is 0 Å². The van der Waals surface area contributed by atoms with Crippen LogP contribution in [-0.2, 0) is 16.2 Å². The van der Waals surface area contributed by atoms with E-state index < -0.39 is 17.8 Å². The largest absolute Gasteiger partial charge is 0.488 e. The molecule has 8 heteroatoms. The summed E-state index contributed by atoms with van der Waals surface area (Å²) >= 11 is 5.17. The number of benzene rings is 3. The summed E-state index contributed by atoms with van der Waals surface area (Å²) in [5.41, 5.74) is 1.51. The van der Waals surface area contributed by atoms with Crippen molar-refractivity contribution in [1.29, 1.82) is 0 Å². The minimum absolute atomic E-state index is 0.0239. The smallest absolute Gasteiger partial charge is 0.339 e. The Kier molecular flexibility index (Phi) is 6.28. The maximum Gasteiger partial charge on any atom is 0.339 e. The van der Waals surface area contributed by atoms with Crippen LogP contribution in [0.2, 0.25) is 0 Å². The molecule has 0 unspecified atom stereocenters. The highest BCUT2D eigenvalue weighted by Gasteiger charge is 2.34. The topological polar surface area (TPSA) is 95.9 Å². The first-order valence-electron chi connectivity index (χ1n) is 9.94. The summed E-state index contributed by atoms with van der Waals surface area (Å²) in [6.45, 7) is 0.200. The van der Waals surface area contributed by atoms with E-state index in [1.807, 2.05) is 30.3 Å². The number of para-hydroxylation sites is 1. The van der Waals surface area contributed by atoms with Gasteiger partial charge in [-0.15, -0.1) is 0 Å². The van der Waals surface area contributed by atoms with Gasteiger partial charge < -0.3 is 9.84 Å². The zero-order valence-electron chi connectivity index (χ0n) is 17.2. The predicted molar refractivity (Wildman–Crippen MR) is 127 cm³/mol. The lowest BCUT2D eigenvalue weighted by Gasteiger charge is -2.28. The molecule has 0 bridgehead atoms. The van der Waals surface area contributed by atoms with Crippen molar-refractivity contribution in [3.63, 3.8) is 0 Å². The van der Waals surface area contributed by atoms with Crippen LogP contribution in [0.4, 0.5) is 5.69 Å². The first kappa shape index (κ1) is 21.9. The summed E-state index contributed by atoms with van der Waals surface area (Å²) in [6.07, 6.45) is 1.34. The molecule has 2 amide bonds. The maximum atomic E-state index is 13.1. The lowest BCUT2D eigenvalue weighted by Crippen LogP contribution is -2.54. The fourth-order valence-corrected chi connectivity index (χ4v) is 3.58. The number of carbonyl (C=O) groups excluding carboxylic acids is 2. The monoisotopic (exact) mass is 458 g/mol. The number of anilines is 1. The summed E-state index contributed by atoms with van der Waals surface area (Å²) < 4.78 is 5.69. The van der Waals surface area contributed by atoms with Gasteiger partial charge in [-0.1, -0.05) is 54.6 Å². The number of hydrogen-bond donors (Lipinski definition) is 2. The molecule has 3 aromatic rings. The predicted octanol–water partition coefficient (Wildman–Crippen LogP) is 3.80. The fraction of sp³-hybridized carbons (Fsp3) is 0.0400. The van der Waals surface area contributed by atoms with Crippen molar-refractivity contribution >= 4 is 46.9 Å². The Morgan fingerprint density at radius 2 is 1.67 bits per heavy atom. The van der Waals surface area contributed by atoms with Crippen molar-refractivity contribution < 1.29 is 24.2 Å². The van der Waals surface area contributed by atoms with E-state index >= 15 is 0 Å². The van der Waals surface area contributed by atoms with Gasteiger partial charge in [0.2, 0.25) is 0 Å². The molecule has 0 saturated carbocycles. The van der Waals surface area contributed by atoms with Gasteiger partial charge in [0, 0.05) is 0 Å².